The maximum absolute atomic E-state index is 14.0. The summed E-state index contributed by atoms with van der Waals surface area (Å²) < 4.78 is 51.7. The highest BCUT2D eigenvalue weighted by molar-refractivity contribution is 7.89. The summed E-state index contributed by atoms with van der Waals surface area (Å²) in [5.41, 5.74) is 0.719. The van der Waals surface area contributed by atoms with Gasteiger partial charge in [0.25, 0.3) is 0 Å². The second-order valence-corrected chi connectivity index (χ2v) is 7.72. The highest BCUT2D eigenvalue weighted by atomic mass is 32.2. The van der Waals surface area contributed by atoms with Crippen LogP contribution in [0.25, 0.3) is 0 Å². The molecule has 5 nitrogen and oxygen atoms in total. The highest BCUT2D eigenvalue weighted by Crippen LogP contribution is 2.29. The van der Waals surface area contributed by atoms with Crippen LogP contribution >= 0.6 is 0 Å². The average Bonchev–Trinajstić information content (AvgIpc) is 3.04. The smallest absolute Gasteiger partial charge is 0.246 e. The number of ether oxygens (including phenoxy) is 2. The van der Waals surface area contributed by atoms with Crippen molar-refractivity contribution in [3.05, 3.63) is 29.6 Å². The van der Waals surface area contributed by atoms with Crippen LogP contribution in [0.1, 0.15) is 18.4 Å². The second kappa shape index (κ2) is 6.23. The topological polar surface area (TPSA) is 55.8 Å². The van der Waals surface area contributed by atoms with E-state index >= 15 is 0 Å². The van der Waals surface area contributed by atoms with Crippen LogP contribution in [0.5, 0.6) is 0 Å². The average molecular weight is 329 g/mol. The van der Waals surface area contributed by atoms with Crippen molar-refractivity contribution in [2.75, 3.05) is 26.3 Å². The molecule has 1 unspecified atom stereocenters. The van der Waals surface area contributed by atoms with E-state index in [1.807, 2.05) is 0 Å². The molecule has 2 aliphatic heterocycles. The zero-order valence-corrected chi connectivity index (χ0v) is 13.3. The van der Waals surface area contributed by atoms with E-state index in [1.165, 1.54) is 16.4 Å². The predicted molar refractivity (Wildman–Crippen MR) is 78.3 cm³/mol. The minimum Gasteiger partial charge on any atom is -0.350 e. The van der Waals surface area contributed by atoms with Crippen molar-refractivity contribution in [2.24, 2.45) is 5.92 Å². The molecule has 1 aromatic rings. The van der Waals surface area contributed by atoms with Crippen LogP contribution in [-0.4, -0.2) is 45.3 Å². The lowest BCUT2D eigenvalue weighted by molar-refractivity contribution is -0.0940. The number of halogens is 1. The summed E-state index contributed by atoms with van der Waals surface area (Å²) in [4.78, 5) is -0.249. The Kier molecular flexibility index (Phi) is 4.49. The Balaban J connectivity index is 1.83. The molecule has 2 aliphatic rings. The summed E-state index contributed by atoms with van der Waals surface area (Å²) in [6.07, 6.45) is 1.23. The van der Waals surface area contributed by atoms with Gasteiger partial charge in [0, 0.05) is 19.0 Å². The predicted octanol–water partition coefficient (Wildman–Crippen LogP) is 1.91. The molecule has 7 heteroatoms. The minimum atomic E-state index is -3.83. The minimum absolute atomic E-state index is 0.00102. The Morgan fingerprint density at radius 1 is 1.27 bits per heavy atom. The molecule has 0 N–H and O–H groups in total. The van der Waals surface area contributed by atoms with Gasteiger partial charge >= 0.3 is 0 Å². The molecule has 2 saturated heterocycles. The summed E-state index contributed by atoms with van der Waals surface area (Å²) in [6.45, 7) is 3.54. The maximum Gasteiger partial charge on any atom is 0.246 e. The first-order chi connectivity index (χ1) is 10.5. The fraction of sp³-hybridized carbons (Fsp3) is 0.600. The number of hydrogen-bond acceptors (Lipinski definition) is 4. The van der Waals surface area contributed by atoms with Gasteiger partial charge in [0.1, 0.15) is 10.7 Å². The number of benzene rings is 1. The van der Waals surface area contributed by atoms with E-state index in [4.69, 9.17) is 9.47 Å². The standard InChI is InChI=1S/C15H20FNO4S/c1-11-4-5-13(16)14(9-11)22(18,19)17-6-2-3-12(10-17)15-20-7-8-21-15/h4-5,9,12,15H,2-3,6-8,10H2,1H3. The molecular formula is C15H20FNO4S. The van der Waals surface area contributed by atoms with Crippen molar-refractivity contribution in [1.29, 1.82) is 0 Å². The van der Waals surface area contributed by atoms with Crippen molar-refractivity contribution >= 4 is 10.0 Å². The van der Waals surface area contributed by atoms with E-state index in [9.17, 15) is 12.8 Å². The first-order valence-corrected chi connectivity index (χ1v) is 8.92. The molecular weight excluding hydrogens is 309 g/mol. The fourth-order valence-corrected chi connectivity index (χ4v) is 4.70. The van der Waals surface area contributed by atoms with Crippen molar-refractivity contribution in [2.45, 2.75) is 31.0 Å². The zero-order chi connectivity index (χ0) is 15.7. The second-order valence-electron chi connectivity index (χ2n) is 5.81. The largest absolute Gasteiger partial charge is 0.350 e. The lowest BCUT2D eigenvalue weighted by Crippen LogP contribution is -2.44. The zero-order valence-electron chi connectivity index (χ0n) is 12.5. The molecule has 2 heterocycles. The van der Waals surface area contributed by atoms with Gasteiger partial charge in [-0.2, -0.15) is 4.31 Å². The maximum atomic E-state index is 14.0. The van der Waals surface area contributed by atoms with Crippen LogP contribution < -0.4 is 0 Å². The van der Waals surface area contributed by atoms with Gasteiger partial charge in [0.05, 0.1) is 13.2 Å². The number of piperidine rings is 1. The van der Waals surface area contributed by atoms with Gasteiger partial charge in [-0.1, -0.05) is 6.07 Å². The van der Waals surface area contributed by atoms with Crippen LogP contribution in [0, 0.1) is 18.7 Å². The molecule has 0 saturated carbocycles. The van der Waals surface area contributed by atoms with Gasteiger partial charge in [-0.3, -0.25) is 0 Å². The molecule has 3 rings (SSSR count). The van der Waals surface area contributed by atoms with Crippen molar-refractivity contribution < 1.29 is 22.3 Å². The van der Waals surface area contributed by atoms with E-state index in [0.717, 1.165) is 18.4 Å². The van der Waals surface area contributed by atoms with Gasteiger partial charge < -0.3 is 9.47 Å². The van der Waals surface area contributed by atoms with Crippen LogP contribution in [0.2, 0.25) is 0 Å². The summed E-state index contributed by atoms with van der Waals surface area (Å²) in [7, 11) is -3.83. The van der Waals surface area contributed by atoms with Gasteiger partial charge in [0.2, 0.25) is 10.0 Å². The Bertz CT molecular complexity index is 643. The molecule has 0 radical (unpaired) electrons. The molecule has 22 heavy (non-hydrogen) atoms. The first kappa shape index (κ1) is 15.9. The van der Waals surface area contributed by atoms with Crippen LogP contribution in [-0.2, 0) is 19.5 Å². The van der Waals surface area contributed by atoms with Gasteiger partial charge in [0.15, 0.2) is 6.29 Å². The third-order valence-corrected chi connectivity index (χ3v) is 6.04. The third kappa shape index (κ3) is 3.03. The van der Waals surface area contributed by atoms with Crippen molar-refractivity contribution in [1.82, 2.24) is 4.31 Å². The molecule has 0 aromatic heterocycles. The fourth-order valence-electron chi connectivity index (χ4n) is 3.01. The Morgan fingerprint density at radius 2 is 2.00 bits per heavy atom. The highest BCUT2D eigenvalue weighted by Gasteiger charge is 2.37. The molecule has 0 aliphatic carbocycles. The van der Waals surface area contributed by atoms with Gasteiger partial charge in [-0.25, -0.2) is 12.8 Å². The van der Waals surface area contributed by atoms with E-state index in [2.05, 4.69) is 0 Å². The molecule has 0 bridgehead atoms. The molecule has 1 aromatic carbocycles. The number of sulfonamides is 1. The van der Waals surface area contributed by atoms with Crippen molar-refractivity contribution in [3.8, 4) is 0 Å². The van der Waals surface area contributed by atoms with Crippen molar-refractivity contribution in [3.63, 3.8) is 0 Å². The number of rotatable bonds is 3. The summed E-state index contributed by atoms with van der Waals surface area (Å²) in [5, 5.41) is 0. The normalized spacial score (nSPS) is 24.7. The Labute approximate surface area is 130 Å². The number of aryl methyl sites for hydroxylation is 1. The lowest BCUT2D eigenvalue weighted by Gasteiger charge is -2.34. The van der Waals surface area contributed by atoms with Crippen LogP contribution in [0.4, 0.5) is 4.39 Å². The Morgan fingerprint density at radius 3 is 2.73 bits per heavy atom. The van der Waals surface area contributed by atoms with Gasteiger partial charge in [-0.15, -0.1) is 0 Å². The quantitative estimate of drug-likeness (QED) is 0.850. The molecule has 1 atom stereocenters. The summed E-state index contributed by atoms with van der Waals surface area (Å²) >= 11 is 0. The molecule has 2 fully saturated rings. The molecule has 0 amide bonds. The molecule has 122 valence electrons. The summed E-state index contributed by atoms with van der Waals surface area (Å²) in [6, 6.07) is 4.15. The molecule has 0 spiro atoms. The lowest BCUT2D eigenvalue weighted by atomic mass is 9.99. The first-order valence-electron chi connectivity index (χ1n) is 7.48. The number of nitrogens with zero attached hydrogens (tertiary/aromatic N) is 1. The summed E-state index contributed by atoms with van der Waals surface area (Å²) in [5.74, 6) is -0.708. The number of hydrogen-bond donors (Lipinski definition) is 0. The van der Waals surface area contributed by atoms with Crippen LogP contribution in [0.3, 0.4) is 0 Å². The third-order valence-electron chi connectivity index (χ3n) is 4.16. The van der Waals surface area contributed by atoms with E-state index < -0.39 is 15.8 Å². The monoisotopic (exact) mass is 329 g/mol. The van der Waals surface area contributed by atoms with E-state index in [1.54, 1.807) is 13.0 Å². The Hall–Kier alpha value is -1.02. The SMILES string of the molecule is Cc1ccc(F)c(S(=O)(=O)N2CCCC(C3OCCO3)C2)c1. The van der Waals surface area contributed by atoms with Gasteiger partial charge in [-0.05, 0) is 37.5 Å². The van der Waals surface area contributed by atoms with E-state index in [0.29, 0.717) is 26.3 Å². The van der Waals surface area contributed by atoms with Crippen LogP contribution in [0.15, 0.2) is 23.1 Å². The van der Waals surface area contributed by atoms with E-state index in [-0.39, 0.29) is 17.1 Å².